The maximum absolute atomic E-state index is 9.89. The maximum atomic E-state index is 9.89. The predicted molar refractivity (Wildman–Crippen MR) is 68.2 cm³/mol. The molecule has 0 amide bonds. The van der Waals surface area contributed by atoms with Crippen molar-refractivity contribution < 1.29 is 5.11 Å². The fourth-order valence-electron chi connectivity index (χ4n) is 1.27. The molecule has 0 aromatic heterocycles. The van der Waals surface area contributed by atoms with E-state index in [1.165, 1.54) is 6.42 Å². The Bertz CT molecular complexity index is 260. The molecule has 1 rings (SSSR count). The van der Waals surface area contributed by atoms with Gasteiger partial charge in [0.15, 0.2) is 0 Å². The van der Waals surface area contributed by atoms with Gasteiger partial charge in [-0.25, -0.2) is 0 Å². The van der Waals surface area contributed by atoms with Gasteiger partial charge in [-0.05, 0) is 17.2 Å². The lowest BCUT2D eigenvalue weighted by atomic mass is 10.1. The minimum Gasteiger partial charge on any atom is -0.388 e. The first-order chi connectivity index (χ1) is 7.24. The number of benzene rings is 1. The molecule has 15 heavy (non-hydrogen) atoms. The monoisotopic (exact) mass is 224 g/mol. The topological polar surface area (TPSA) is 20.2 Å². The summed E-state index contributed by atoms with van der Waals surface area (Å²) in [4.78, 5) is 0. The highest BCUT2D eigenvalue weighted by Crippen LogP contribution is 2.20. The van der Waals surface area contributed by atoms with Gasteiger partial charge in [0.25, 0.3) is 0 Å². The van der Waals surface area contributed by atoms with Crippen molar-refractivity contribution in [2.75, 3.05) is 11.5 Å². The van der Waals surface area contributed by atoms with Crippen molar-refractivity contribution in [3.05, 3.63) is 35.9 Å². The number of thioether (sulfide) groups is 1. The number of hydrogen-bond donors (Lipinski definition) is 1. The van der Waals surface area contributed by atoms with E-state index >= 15 is 0 Å². The average molecular weight is 224 g/mol. The summed E-state index contributed by atoms with van der Waals surface area (Å²) in [7, 11) is 0. The molecule has 1 N–H and O–H groups in total. The summed E-state index contributed by atoms with van der Waals surface area (Å²) in [5, 5.41) is 9.89. The van der Waals surface area contributed by atoms with Crippen molar-refractivity contribution in [1.29, 1.82) is 0 Å². The molecule has 1 nitrogen and oxygen atoms in total. The van der Waals surface area contributed by atoms with E-state index in [1.54, 1.807) is 0 Å². The first-order valence-corrected chi connectivity index (χ1v) is 6.70. The summed E-state index contributed by atoms with van der Waals surface area (Å²) in [5.74, 6) is 2.69. The normalized spacial score (nSPS) is 14.9. The van der Waals surface area contributed by atoms with E-state index in [0.717, 1.165) is 23.0 Å². The van der Waals surface area contributed by atoms with Gasteiger partial charge in [-0.1, -0.05) is 50.6 Å². The maximum Gasteiger partial charge on any atom is 0.0880 e. The summed E-state index contributed by atoms with van der Waals surface area (Å²) in [6, 6.07) is 9.88. The van der Waals surface area contributed by atoms with Gasteiger partial charge < -0.3 is 5.11 Å². The summed E-state index contributed by atoms with van der Waals surface area (Å²) in [6.45, 7) is 4.46. The summed E-state index contributed by atoms with van der Waals surface area (Å²) in [5.41, 5.74) is 1.02. The smallest absolute Gasteiger partial charge is 0.0880 e. The van der Waals surface area contributed by atoms with Crippen LogP contribution in [-0.2, 0) is 0 Å². The van der Waals surface area contributed by atoms with Crippen LogP contribution in [0.5, 0.6) is 0 Å². The van der Waals surface area contributed by atoms with Crippen LogP contribution in [0.3, 0.4) is 0 Å². The van der Waals surface area contributed by atoms with Crippen LogP contribution in [0, 0.1) is 5.92 Å². The highest BCUT2D eigenvalue weighted by atomic mass is 32.2. The Kier molecular flexibility index (Phi) is 5.81. The Hall–Kier alpha value is -0.470. The van der Waals surface area contributed by atoms with Crippen LogP contribution in [0.2, 0.25) is 0 Å². The third-order valence-electron chi connectivity index (χ3n) is 2.56. The molecular weight excluding hydrogens is 204 g/mol. The van der Waals surface area contributed by atoms with Gasteiger partial charge in [0.2, 0.25) is 0 Å². The van der Waals surface area contributed by atoms with E-state index in [-0.39, 0.29) is 6.10 Å². The summed E-state index contributed by atoms with van der Waals surface area (Å²) >= 11 is 1.84. The molecule has 84 valence electrons. The van der Waals surface area contributed by atoms with Gasteiger partial charge in [-0.3, -0.25) is 0 Å². The van der Waals surface area contributed by atoms with Crippen molar-refractivity contribution >= 4 is 11.8 Å². The fraction of sp³-hybridized carbons (Fsp3) is 0.538. The molecule has 1 aromatic carbocycles. The Balaban J connectivity index is 2.28. The van der Waals surface area contributed by atoms with Gasteiger partial charge in [0, 0.05) is 5.75 Å². The number of rotatable bonds is 6. The van der Waals surface area contributed by atoms with Crippen LogP contribution in [0.25, 0.3) is 0 Å². The lowest BCUT2D eigenvalue weighted by Crippen LogP contribution is -2.03. The molecule has 0 aliphatic rings. The molecule has 0 saturated carbocycles. The number of hydrogen-bond acceptors (Lipinski definition) is 2. The van der Waals surface area contributed by atoms with Crippen molar-refractivity contribution in [3.8, 4) is 0 Å². The van der Waals surface area contributed by atoms with Gasteiger partial charge in [-0.15, -0.1) is 0 Å². The molecular formula is C13H20OS. The second-order valence-corrected chi connectivity index (χ2v) is 5.05. The van der Waals surface area contributed by atoms with E-state index in [1.807, 2.05) is 42.1 Å². The molecule has 0 saturated heterocycles. The molecule has 2 atom stereocenters. The molecule has 2 unspecified atom stereocenters. The SMILES string of the molecule is CCC(C)CSCC(O)c1ccccc1. The molecule has 0 heterocycles. The van der Waals surface area contributed by atoms with E-state index < -0.39 is 0 Å². The Morgan fingerprint density at radius 3 is 2.47 bits per heavy atom. The molecule has 0 fully saturated rings. The largest absolute Gasteiger partial charge is 0.388 e. The van der Waals surface area contributed by atoms with Gasteiger partial charge in [-0.2, -0.15) is 11.8 Å². The molecule has 0 radical (unpaired) electrons. The van der Waals surface area contributed by atoms with Gasteiger partial charge in [0.1, 0.15) is 0 Å². The zero-order valence-electron chi connectivity index (χ0n) is 9.52. The standard InChI is InChI=1S/C13H20OS/c1-3-11(2)9-15-10-13(14)12-7-5-4-6-8-12/h4-8,11,13-14H,3,9-10H2,1-2H3. The summed E-state index contributed by atoms with van der Waals surface area (Å²) < 4.78 is 0. The third-order valence-corrected chi connectivity index (χ3v) is 3.92. The minimum absolute atomic E-state index is 0.319. The third kappa shape index (κ3) is 4.72. The Morgan fingerprint density at radius 2 is 1.87 bits per heavy atom. The van der Waals surface area contributed by atoms with Gasteiger partial charge in [0.05, 0.1) is 6.10 Å². The molecule has 1 aromatic rings. The first kappa shape index (κ1) is 12.6. The lowest BCUT2D eigenvalue weighted by Gasteiger charge is -2.12. The fourth-order valence-corrected chi connectivity index (χ4v) is 2.46. The first-order valence-electron chi connectivity index (χ1n) is 5.54. The molecule has 2 heteroatoms. The van der Waals surface area contributed by atoms with Crippen molar-refractivity contribution in [1.82, 2.24) is 0 Å². The summed E-state index contributed by atoms with van der Waals surface area (Å²) in [6.07, 6.45) is 0.897. The van der Waals surface area contributed by atoms with Crippen LogP contribution in [0.4, 0.5) is 0 Å². The lowest BCUT2D eigenvalue weighted by molar-refractivity contribution is 0.204. The predicted octanol–water partition coefficient (Wildman–Crippen LogP) is 3.50. The zero-order valence-corrected chi connectivity index (χ0v) is 10.3. The molecule has 0 bridgehead atoms. The van der Waals surface area contributed by atoms with E-state index in [9.17, 15) is 5.11 Å². The van der Waals surface area contributed by atoms with E-state index in [4.69, 9.17) is 0 Å². The Morgan fingerprint density at radius 1 is 1.20 bits per heavy atom. The van der Waals surface area contributed by atoms with E-state index in [2.05, 4.69) is 13.8 Å². The molecule has 0 aliphatic heterocycles. The van der Waals surface area contributed by atoms with Crippen LogP contribution >= 0.6 is 11.8 Å². The average Bonchev–Trinajstić information content (AvgIpc) is 2.29. The van der Waals surface area contributed by atoms with Crippen LogP contribution in [-0.4, -0.2) is 16.6 Å². The highest BCUT2D eigenvalue weighted by molar-refractivity contribution is 7.99. The minimum atomic E-state index is -0.319. The van der Waals surface area contributed by atoms with Gasteiger partial charge >= 0.3 is 0 Å². The molecule has 0 spiro atoms. The number of aliphatic hydroxyl groups is 1. The van der Waals surface area contributed by atoms with E-state index in [0.29, 0.717) is 0 Å². The highest BCUT2D eigenvalue weighted by Gasteiger charge is 2.07. The van der Waals surface area contributed by atoms with Crippen molar-refractivity contribution in [2.45, 2.75) is 26.4 Å². The van der Waals surface area contributed by atoms with Crippen molar-refractivity contribution in [2.24, 2.45) is 5.92 Å². The second-order valence-electron chi connectivity index (χ2n) is 3.98. The van der Waals surface area contributed by atoms with Crippen LogP contribution in [0.15, 0.2) is 30.3 Å². The van der Waals surface area contributed by atoms with Crippen LogP contribution < -0.4 is 0 Å². The second kappa shape index (κ2) is 6.91. The zero-order chi connectivity index (χ0) is 11.1. The Labute approximate surface area is 96.9 Å². The molecule has 0 aliphatic carbocycles. The van der Waals surface area contributed by atoms with Crippen molar-refractivity contribution in [3.63, 3.8) is 0 Å². The number of aliphatic hydroxyl groups excluding tert-OH is 1. The quantitative estimate of drug-likeness (QED) is 0.798. The van der Waals surface area contributed by atoms with Crippen LogP contribution in [0.1, 0.15) is 31.9 Å².